The number of rotatable bonds is 2. The first-order valence-electron chi connectivity index (χ1n) is 6.02. The van der Waals surface area contributed by atoms with E-state index in [4.69, 9.17) is 29.4 Å². The molecule has 2 heterocycles. The molecule has 0 atom stereocenters. The molecular formula is C13H11N7S. The number of nitrogen functional groups attached to an aromatic ring is 2. The van der Waals surface area contributed by atoms with E-state index in [2.05, 4.69) is 19.9 Å². The third-order valence-corrected chi connectivity index (χ3v) is 3.04. The molecule has 0 saturated carbocycles. The number of fused-ring (bicyclic) bond motifs is 1. The molecule has 3 rings (SSSR count). The van der Waals surface area contributed by atoms with Crippen LogP contribution < -0.4 is 17.2 Å². The molecule has 0 aliphatic carbocycles. The Hall–Kier alpha value is -2.87. The van der Waals surface area contributed by atoms with E-state index in [0.717, 1.165) is 5.56 Å². The highest BCUT2D eigenvalue weighted by molar-refractivity contribution is 7.80. The van der Waals surface area contributed by atoms with E-state index in [1.54, 1.807) is 0 Å². The number of benzene rings is 1. The van der Waals surface area contributed by atoms with E-state index < -0.39 is 0 Å². The molecule has 0 saturated heterocycles. The topological polar surface area (TPSA) is 130 Å². The Morgan fingerprint density at radius 1 is 0.905 bits per heavy atom. The molecule has 0 fully saturated rings. The Morgan fingerprint density at radius 2 is 1.62 bits per heavy atom. The summed E-state index contributed by atoms with van der Waals surface area (Å²) in [6.45, 7) is 0. The van der Waals surface area contributed by atoms with Crippen molar-refractivity contribution in [2.45, 2.75) is 0 Å². The van der Waals surface area contributed by atoms with Crippen molar-refractivity contribution >= 4 is 40.0 Å². The lowest BCUT2D eigenvalue weighted by Gasteiger charge is -2.07. The van der Waals surface area contributed by atoms with Crippen LogP contribution in [0.4, 0.5) is 11.6 Å². The fourth-order valence-corrected chi connectivity index (χ4v) is 2.03. The van der Waals surface area contributed by atoms with E-state index in [-0.39, 0.29) is 22.3 Å². The molecule has 0 radical (unpaired) electrons. The lowest BCUT2D eigenvalue weighted by atomic mass is 10.2. The van der Waals surface area contributed by atoms with Gasteiger partial charge in [0, 0.05) is 5.56 Å². The fourth-order valence-electron chi connectivity index (χ4n) is 1.88. The van der Waals surface area contributed by atoms with Gasteiger partial charge in [0.15, 0.2) is 28.6 Å². The Morgan fingerprint density at radius 3 is 2.29 bits per heavy atom. The molecule has 7 nitrogen and oxygen atoms in total. The van der Waals surface area contributed by atoms with Crippen molar-refractivity contribution in [1.29, 1.82) is 0 Å². The van der Waals surface area contributed by atoms with Gasteiger partial charge in [-0.1, -0.05) is 42.5 Å². The minimum atomic E-state index is 0.0495. The van der Waals surface area contributed by atoms with E-state index in [9.17, 15) is 0 Å². The van der Waals surface area contributed by atoms with Crippen molar-refractivity contribution in [3.63, 3.8) is 0 Å². The van der Waals surface area contributed by atoms with E-state index >= 15 is 0 Å². The fraction of sp³-hybridized carbons (Fsp3) is 0. The van der Waals surface area contributed by atoms with Crippen LogP contribution in [0.15, 0.2) is 30.3 Å². The van der Waals surface area contributed by atoms with Gasteiger partial charge in [0.1, 0.15) is 10.7 Å². The molecular weight excluding hydrogens is 286 g/mol. The normalized spacial score (nSPS) is 10.7. The van der Waals surface area contributed by atoms with Crippen LogP contribution in [0.3, 0.4) is 0 Å². The minimum Gasteiger partial charge on any atom is -0.388 e. The average Bonchev–Trinajstić information content (AvgIpc) is 2.47. The van der Waals surface area contributed by atoms with Gasteiger partial charge in [0.2, 0.25) is 0 Å². The largest absolute Gasteiger partial charge is 0.388 e. The zero-order valence-corrected chi connectivity index (χ0v) is 11.6. The van der Waals surface area contributed by atoms with Crippen molar-refractivity contribution in [1.82, 2.24) is 19.9 Å². The number of anilines is 2. The van der Waals surface area contributed by atoms with E-state index in [1.807, 2.05) is 30.3 Å². The summed E-state index contributed by atoms with van der Waals surface area (Å²) in [4.78, 5) is 17.0. The average molecular weight is 297 g/mol. The Kier molecular flexibility index (Phi) is 3.07. The summed E-state index contributed by atoms with van der Waals surface area (Å²) in [6, 6.07) is 9.42. The molecule has 104 valence electrons. The summed E-state index contributed by atoms with van der Waals surface area (Å²) >= 11 is 4.87. The van der Waals surface area contributed by atoms with Gasteiger partial charge in [-0.05, 0) is 0 Å². The smallest absolute Gasteiger partial charge is 0.186 e. The first kappa shape index (κ1) is 13.1. The number of thiocarbonyl (C=S) groups is 1. The zero-order valence-electron chi connectivity index (χ0n) is 10.8. The minimum absolute atomic E-state index is 0.0495. The quantitative estimate of drug-likeness (QED) is 0.594. The number of hydrogen-bond acceptors (Lipinski definition) is 7. The second-order valence-electron chi connectivity index (χ2n) is 4.29. The van der Waals surface area contributed by atoms with Crippen molar-refractivity contribution in [2.24, 2.45) is 5.73 Å². The molecule has 2 aromatic heterocycles. The van der Waals surface area contributed by atoms with Crippen molar-refractivity contribution in [2.75, 3.05) is 11.5 Å². The number of nitrogens with two attached hydrogens (primary N) is 3. The standard InChI is InChI=1S/C13H11N7S/c14-9-7(11(16)21)17-8-10(15)18-12(20-13(8)19-9)6-4-2-1-3-5-6/h1-5H,(H2,16,21)(H4,14,15,18,19,20). The summed E-state index contributed by atoms with van der Waals surface area (Å²) in [5.41, 5.74) is 18.9. The maximum absolute atomic E-state index is 5.93. The molecule has 0 spiro atoms. The van der Waals surface area contributed by atoms with Crippen molar-refractivity contribution in [3.8, 4) is 11.4 Å². The molecule has 1 aromatic carbocycles. The highest BCUT2D eigenvalue weighted by Crippen LogP contribution is 2.22. The van der Waals surface area contributed by atoms with Gasteiger partial charge in [-0.2, -0.15) is 0 Å². The Balaban J connectivity index is 2.26. The van der Waals surface area contributed by atoms with E-state index in [0.29, 0.717) is 17.0 Å². The Labute approximate surface area is 125 Å². The molecule has 21 heavy (non-hydrogen) atoms. The van der Waals surface area contributed by atoms with E-state index in [1.165, 1.54) is 0 Å². The predicted molar refractivity (Wildman–Crippen MR) is 85.3 cm³/mol. The Bertz CT molecular complexity index is 848. The van der Waals surface area contributed by atoms with Gasteiger partial charge in [0.25, 0.3) is 0 Å². The third-order valence-electron chi connectivity index (χ3n) is 2.85. The third kappa shape index (κ3) is 2.32. The van der Waals surface area contributed by atoms with Crippen LogP contribution in [0.5, 0.6) is 0 Å². The van der Waals surface area contributed by atoms with Crippen LogP contribution >= 0.6 is 12.2 Å². The summed E-state index contributed by atoms with van der Waals surface area (Å²) in [6.07, 6.45) is 0. The molecule has 0 amide bonds. The van der Waals surface area contributed by atoms with Crippen LogP contribution in [0.25, 0.3) is 22.6 Å². The molecule has 0 unspecified atom stereocenters. The molecule has 6 N–H and O–H groups in total. The SMILES string of the molecule is NC(=S)c1nc2c(N)nc(-c3ccccc3)nc2nc1N. The molecule has 0 bridgehead atoms. The van der Waals surface area contributed by atoms with Gasteiger partial charge < -0.3 is 17.2 Å². The van der Waals surface area contributed by atoms with Crippen LogP contribution in [0, 0.1) is 0 Å². The highest BCUT2D eigenvalue weighted by atomic mass is 32.1. The maximum atomic E-state index is 5.93. The first-order valence-corrected chi connectivity index (χ1v) is 6.43. The number of hydrogen-bond donors (Lipinski definition) is 3. The number of nitrogens with zero attached hydrogens (tertiary/aromatic N) is 4. The second kappa shape index (κ2) is 4.91. The lowest BCUT2D eigenvalue weighted by molar-refractivity contribution is 1.16. The number of aromatic nitrogens is 4. The van der Waals surface area contributed by atoms with Gasteiger partial charge in [-0.15, -0.1) is 0 Å². The van der Waals surface area contributed by atoms with Crippen molar-refractivity contribution < 1.29 is 0 Å². The second-order valence-corrected chi connectivity index (χ2v) is 4.73. The summed E-state index contributed by atoms with van der Waals surface area (Å²) < 4.78 is 0. The van der Waals surface area contributed by atoms with Crippen molar-refractivity contribution in [3.05, 3.63) is 36.0 Å². The van der Waals surface area contributed by atoms with Crippen LogP contribution in [-0.2, 0) is 0 Å². The maximum Gasteiger partial charge on any atom is 0.186 e. The molecule has 0 aliphatic heterocycles. The molecule has 8 heteroatoms. The molecule has 0 aliphatic rings. The molecule has 3 aromatic rings. The lowest BCUT2D eigenvalue weighted by Crippen LogP contribution is -2.16. The van der Waals surface area contributed by atoms with Gasteiger partial charge in [-0.3, -0.25) is 0 Å². The summed E-state index contributed by atoms with van der Waals surface area (Å²) in [7, 11) is 0. The van der Waals surface area contributed by atoms with Gasteiger partial charge >= 0.3 is 0 Å². The van der Waals surface area contributed by atoms with Crippen LogP contribution in [0.2, 0.25) is 0 Å². The summed E-state index contributed by atoms with van der Waals surface area (Å²) in [5.74, 6) is 0.772. The summed E-state index contributed by atoms with van der Waals surface area (Å²) in [5, 5.41) is 0. The highest BCUT2D eigenvalue weighted by Gasteiger charge is 2.14. The first-order chi connectivity index (χ1) is 10.1. The van der Waals surface area contributed by atoms with Gasteiger partial charge in [-0.25, -0.2) is 19.9 Å². The van der Waals surface area contributed by atoms with Crippen LogP contribution in [-0.4, -0.2) is 24.9 Å². The van der Waals surface area contributed by atoms with Crippen LogP contribution in [0.1, 0.15) is 5.69 Å². The zero-order chi connectivity index (χ0) is 15.0. The van der Waals surface area contributed by atoms with Gasteiger partial charge in [0.05, 0.1) is 0 Å². The monoisotopic (exact) mass is 297 g/mol. The predicted octanol–water partition coefficient (Wildman–Crippen LogP) is 0.885.